The number of carbonyl (C=O) groups is 1. The molecule has 714 valence electrons. The second-order valence-corrected chi connectivity index (χ2v) is 37.1. The third-order valence-electron chi connectivity index (χ3n) is 27.3. The Kier molecular flexibility index (Phi) is 24.9. The van der Waals surface area contributed by atoms with Crippen molar-refractivity contribution in [2.75, 3.05) is 0 Å². The number of rotatable bonds is 6. The Hall–Kier alpha value is -16.6. The zero-order chi connectivity index (χ0) is 105. The van der Waals surface area contributed by atoms with Crippen LogP contribution in [0.4, 0.5) is 0 Å². The minimum Gasteiger partial charge on any atom is -0.527 e. The van der Waals surface area contributed by atoms with Crippen LogP contribution in [0.1, 0.15) is 106 Å². The van der Waals surface area contributed by atoms with E-state index in [2.05, 4.69) is 376 Å². The second-order valence-electron chi connectivity index (χ2n) is 37.1. The topological polar surface area (TPSA) is 115 Å². The molecule has 13 heterocycles. The van der Waals surface area contributed by atoms with E-state index < -0.39 is 12.1 Å². The van der Waals surface area contributed by atoms with Gasteiger partial charge in [0.25, 0.3) is 17.3 Å². The third-order valence-corrected chi connectivity index (χ3v) is 27.3. The number of aromatic nitrogens is 10. The van der Waals surface area contributed by atoms with Gasteiger partial charge in [0.15, 0.2) is 35.2 Å². The van der Waals surface area contributed by atoms with E-state index in [1.807, 2.05) is 91.1 Å². The maximum absolute atomic E-state index is 10.0. The van der Waals surface area contributed by atoms with E-state index in [0.717, 1.165) is 64.7 Å². The number of fused-ring (bicyclic) bond motifs is 19. The number of aliphatic hydroxyl groups excluding tert-OH is 1. The maximum Gasteiger partial charge on any atom is 0.295 e. The van der Waals surface area contributed by atoms with Crippen molar-refractivity contribution in [1.82, 2.24) is 28.5 Å². The summed E-state index contributed by atoms with van der Waals surface area (Å²) in [6, 6.07) is 121. The Labute approximate surface area is 888 Å². The number of hydrogen-bond acceptors (Lipinski definition) is 6. The number of pyridine rings is 5. The number of benzene rings is 15. The van der Waals surface area contributed by atoms with Crippen molar-refractivity contribution in [3.8, 4) is 84.9 Å². The molecule has 15 heteroatoms. The van der Waals surface area contributed by atoms with Crippen molar-refractivity contribution in [3.05, 3.63) is 529 Å². The molecule has 1 N–H and O–H groups in total. The number of para-hydroxylation sites is 3. The van der Waals surface area contributed by atoms with E-state index in [4.69, 9.17) is 20.8 Å². The SMILES string of the molecule is C=C1Oc2ccccc2[C-]=C1c1ccccn1.CC(=O)C=C(C)O.Cc1[c-]c2c(cc1)C(C)(C)c1cccc3ccnc-2c13.Cc1ccc2c(c1)c1cccc3c1c1n2c(-c2c(C)cccc2C)c[n+]1C3.[2H]c1c([2H])c([2H])c2c(c1[2H])C[n+]1c([2H])c([2H])c([2H])c([2H])c1-2.[Ir].[Ir].[c-]1ccccc1-c1ccccn1.c1ccc2c(c1)C[n+]1c-2n(-c2cccc3ccccc23)c2ccccc21.c1ccc2c(c1)C[n+]1ccn(-c3cccc4ccccc34)c1-2. The van der Waals surface area contributed by atoms with Crippen LogP contribution >= 0.6 is 0 Å². The molecule has 0 spiro atoms. The minimum atomic E-state index is -0.411. The summed E-state index contributed by atoms with van der Waals surface area (Å²) in [4.78, 5) is 23.2. The van der Waals surface area contributed by atoms with Gasteiger partial charge < -0.3 is 19.8 Å². The van der Waals surface area contributed by atoms with E-state index >= 15 is 0 Å². The van der Waals surface area contributed by atoms with Crippen LogP contribution in [0.15, 0.2) is 443 Å². The van der Waals surface area contributed by atoms with Crippen molar-refractivity contribution in [3.63, 3.8) is 0 Å². The normalized spacial score (nSPS) is 13.3. The molecule has 0 saturated carbocycles. The maximum atomic E-state index is 10.0. The summed E-state index contributed by atoms with van der Waals surface area (Å²) in [6.45, 7) is 22.9. The number of ketones is 1. The third kappa shape index (κ3) is 18.6. The molecular formula is C131H105Ir2N10O3+. The molecule has 0 unspecified atom stereocenters. The zero-order valence-electron chi connectivity index (χ0n) is 89.7. The predicted molar refractivity (Wildman–Crippen MR) is 581 cm³/mol. The van der Waals surface area contributed by atoms with Crippen LogP contribution in [0, 0.1) is 45.9 Å². The van der Waals surface area contributed by atoms with Crippen LogP contribution in [0.2, 0.25) is 0 Å². The Morgan fingerprint density at radius 1 is 0.514 bits per heavy atom. The first-order valence-corrected chi connectivity index (χ1v) is 48.3. The molecule has 2 radical (unpaired) electrons. The number of nitrogens with zero attached hydrogens (tertiary/aromatic N) is 10. The molecule has 5 aliphatic heterocycles. The number of allylic oxidation sites excluding steroid dienone is 3. The minimum absolute atomic E-state index is 0. The van der Waals surface area contributed by atoms with Crippen molar-refractivity contribution >= 4 is 82.0 Å². The van der Waals surface area contributed by atoms with Gasteiger partial charge in [-0.3, -0.25) is 9.78 Å². The van der Waals surface area contributed by atoms with E-state index in [-0.39, 0.29) is 111 Å². The van der Waals surface area contributed by atoms with Crippen LogP contribution in [0.5, 0.6) is 5.75 Å². The van der Waals surface area contributed by atoms with E-state index in [1.165, 1.54) is 191 Å². The molecule has 1 aliphatic carbocycles. The largest absolute Gasteiger partial charge is 0.527 e. The number of hydrogen-bond donors (Lipinski definition) is 1. The van der Waals surface area contributed by atoms with Gasteiger partial charge in [-0.15, -0.1) is 82.9 Å². The van der Waals surface area contributed by atoms with Gasteiger partial charge in [0.2, 0.25) is 5.69 Å². The van der Waals surface area contributed by atoms with Crippen LogP contribution in [-0.4, -0.2) is 39.4 Å². The monoisotopic (exact) mass is 2260 g/mol. The summed E-state index contributed by atoms with van der Waals surface area (Å²) in [6.07, 6.45) is 16.3. The standard InChI is InChI=1S/C25H21N2.C24H17N2.C20H15N2.C19H16N.C15H10NO.C12H10N.C11H8N.C5H8O2.2Ir/c1-15-10-11-21-20(12-15)19-9-5-8-18-13-26-14-22(27(21)25(26)24(18)19)23-16(2)6-4-7-17(23)3;1-3-11-19-17(8-1)10-7-15-21(19)26-23-14-6-5-13-22(23)25-16-18-9-2-4-12-20(18)24(25)26;1-3-9-17-15(6-1)8-5-11-19(17)22-13-12-21-14-16-7-2-4-10-18(16)20(21)22;1-12-7-8-15-14(11-12)18-17-13(9-10-20-18)5-4-6-16(17)19(15,2)3;1-11-13(14-7-4-5-9-16-14)10-12-6-2-3-8-15(12)17-11;1-2-6-11-10(5-1)9-13-8-4-3-7-12(11)13;1-2-6-10(7-3-1)11-8-4-5-9-12-11;1-4(6)3-5(2)7;;/h4-12,14H,13H2,1-3H3;1-15H,16H2;1-13H,14H2;4-10H,1-3H3;2-9H,1H2;1-8H,9H2;1-6,8-9H;3,6H,1-2H3;;/q3*+1;2*-1;+1;-1;;;/i;;;;;1D,2D,3D,4D,5D,6D,7D,8D;;;;. The van der Waals surface area contributed by atoms with Crippen LogP contribution in [-0.2, 0) is 76.6 Å². The molecule has 6 aliphatic rings. The fourth-order valence-electron chi connectivity index (χ4n) is 20.8. The molecule has 15 aromatic carbocycles. The summed E-state index contributed by atoms with van der Waals surface area (Å²) in [5.74, 6) is 3.86. The molecule has 0 saturated heterocycles. The molecule has 0 fully saturated rings. The Morgan fingerprint density at radius 3 is 1.88 bits per heavy atom. The van der Waals surface area contributed by atoms with E-state index in [1.54, 1.807) is 12.4 Å². The summed E-state index contributed by atoms with van der Waals surface area (Å²) in [7, 11) is 0. The number of carbonyl (C=O) groups excluding carboxylic acids is 1. The fourth-order valence-corrected chi connectivity index (χ4v) is 20.8. The number of aryl methyl sites for hydroxylation is 4. The van der Waals surface area contributed by atoms with E-state index in [9.17, 15) is 4.79 Å². The van der Waals surface area contributed by atoms with Gasteiger partial charge in [0.05, 0.1) is 48.9 Å². The molecule has 23 aromatic rings. The number of aliphatic hydroxyl groups is 1. The molecule has 8 aromatic heterocycles. The summed E-state index contributed by atoms with van der Waals surface area (Å²) in [5, 5.41) is 20.2. The van der Waals surface area contributed by atoms with Gasteiger partial charge in [-0.2, -0.15) is 18.1 Å². The van der Waals surface area contributed by atoms with Gasteiger partial charge in [-0.1, -0.05) is 287 Å². The summed E-state index contributed by atoms with van der Waals surface area (Å²) in [5.41, 5.74) is 32.4. The Bertz CT molecular complexity index is 9440. The van der Waals surface area contributed by atoms with Crippen molar-refractivity contribution in [2.45, 2.75) is 87.0 Å². The van der Waals surface area contributed by atoms with Gasteiger partial charge in [0, 0.05) is 132 Å². The molecule has 146 heavy (non-hydrogen) atoms. The van der Waals surface area contributed by atoms with Crippen LogP contribution < -0.4 is 23.0 Å². The molecule has 29 rings (SSSR count). The second kappa shape index (κ2) is 41.7. The van der Waals surface area contributed by atoms with E-state index in [0.29, 0.717) is 11.3 Å². The fraction of sp³-hybridized carbons (Fsp3) is 0.0992. The van der Waals surface area contributed by atoms with Gasteiger partial charge >= 0.3 is 0 Å². The molecule has 0 bridgehead atoms. The van der Waals surface area contributed by atoms with Crippen LogP contribution in [0.25, 0.3) is 155 Å². The quantitative estimate of drug-likeness (QED) is 0.0583. The summed E-state index contributed by atoms with van der Waals surface area (Å²) >= 11 is 0. The first kappa shape index (κ1) is 87.2. The van der Waals surface area contributed by atoms with Crippen molar-refractivity contribution in [1.29, 1.82) is 0 Å². The van der Waals surface area contributed by atoms with Gasteiger partial charge in [0.1, 0.15) is 56.5 Å². The van der Waals surface area contributed by atoms with Gasteiger partial charge in [-0.25, -0.2) is 13.7 Å². The number of imidazole rings is 3. The van der Waals surface area contributed by atoms with Crippen molar-refractivity contribution in [2.24, 2.45) is 0 Å². The zero-order valence-corrected chi connectivity index (χ0v) is 86.5. The summed E-state index contributed by atoms with van der Waals surface area (Å²) < 4.78 is 83.9. The Morgan fingerprint density at radius 2 is 1.14 bits per heavy atom. The van der Waals surface area contributed by atoms with Gasteiger partial charge in [-0.05, 0) is 168 Å². The first-order chi connectivity index (χ1) is 73.8. The smallest absolute Gasteiger partial charge is 0.295 e. The molecule has 0 amide bonds. The molecule has 0 atom stereocenters. The predicted octanol–water partition coefficient (Wildman–Crippen LogP) is 28.0. The molecule has 13 nitrogen and oxygen atoms in total. The average Bonchev–Trinajstić information content (AvgIpc) is 1.76. The Balaban J connectivity index is 0.000000108. The van der Waals surface area contributed by atoms with Crippen molar-refractivity contribution < 1.29 is 84.1 Å². The average molecular weight is 2260 g/mol. The molecular weight excluding hydrogens is 2150 g/mol. The number of ether oxygens (including phenoxy) is 1. The first-order valence-electron chi connectivity index (χ1n) is 52.3. The van der Waals surface area contributed by atoms with Crippen LogP contribution in [0.3, 0.4) is 0 Å².